The van der Waals surface area contributed by atoms with Crippen molar-refractivity contribution in [3.8, 4) is 5.75 Å². The second kappa shape index (κ2) is 9.53. The molecule has 0 spiro atoms. The van der Waals surface area contributed by atoms with Crippen LogP contribution in [0.25, 0.3) is 21.9 Å². The van der Waals surface area contributed by atoms with Crippen molar-refractivity contribution < 1.29 is 13.5 Å². The molecule has 3 aromatic heterocycles. The molecule has 4 heterocycles. The molecule has 1 N–H and O–H groups in total. The summed E-state index contributed by atoms with van der Waals surface area (Å²) in [4.78, 5) is 14.9. The van der Waals surface area contributed by atoms with Gasteiger partial charge in [0, 0.05) is 47.7 Å². The van der Waals surface area contributed by atoms with Gasteiger partial charge in [0.25, 0.3) is 0 Å². The number of fused-ring (bicyclic) bond motifs is 3. The molecule has 5 nitrogen and oxygen atoms in total. The second-order valence-corrected chi connectivity index (χ2v) is 10.1. The number of hydrogen-bond donors (Lipinski definition) is 1. The van der Waals surface area contributed by atoms with Crippen molar-refractivity contribution in [1.29, 1.82) is 0 Å². The number of pyridine rings is 2. The lowest BCUT2D eigenvalue weighted by molar-refractivity contribution is 0.0739. The predicted molar refractivity (Wildman–Crippen MR) is 133 cm³/mol. The number of benzene rings is 1. The molecule has 1 aliphatic carbocycles. The lowest BCUT2D eigenvalue weighted by Crippen LogP contribution is -2.45. The molecule has 1 aromatic carbocycles. The minimum absolute atomic E-state index is 0.140. The Morgan fingerprint density at radius 1 is 1.03 bits per heavy atom. The summed E-state index contributed by atoms with van der Waals surface area (Å²) in [6.07, 6.45) is 12.7. The van der Waals surface area contributed by atoms with E-state index in [1.165, 1.54) is 48.8 Å². The molecule has 35 heavy (non-hydrogen) atoms. The van der Waals surface area contributed by atoms with E-state index in [1.807, 2.05) is 18.6 Å². The molecule has 1 atom stereocenters. The van der Waals surface area contributed by atoms with Gasteiger partial charge in [-0.15, -0.1) is 0 Å². The van der Waals surface area contributed by atoms with Gasteiger partial charge in [-0.3, -0.25) is 4.90 Å². The average molecular weight is 477 g/mol. The van der Waals surface area contributed by atoms with Crippen LogP contribution in [-0.2, 0) is 0 Å². The Hall–Kier alpha value is -3.06. The molecule has 0 amide bonds. The minimum atomic E-state index is -0.632. The number of hydrogen-bond acceptors (Lipinski definition) is 4. The number of aromatic amines is 1. The number of piperidine rings is 1. The van der Waals surface area contributed by atoms with Crippen LogP contribution >= 0.6 is 0 Å². The normalized spacial score (nSPS) is 23.7. The number of likely N-dealkylation sites (tertiary alicyclic amines) is 1. The Morgan fingerprint density at radius 3 is 2.77 bits per heavy atom. The highest BCUT2D eigenvalue weighted by molar-refractivity contribution is 6.05. The zero-order valence-corrected chi connectivity index (χ0v) is 19.7. The van der Waals surface area contributed by atoms with Crippen molar-refractivity contribution >= 4 is 21.9 Å². The van der Waals surface area contributed by atoms with Crippen LogP contribution in [0, 0.1) is 17.6 Å². The van der Waals surface area contributed by atoms with E-state index in [0.29, 0.717) is 24.5 Å². The SMILES string of the molecule is Fc1ccc(OCC2CCCN(C3CCC(c4cc[nH]c5cnc6nccc6c45)CC3)C2)c(F)c1. The van der Waals surface area contributed by atoms with Crippen LogP contribution in [0.5, 0.6) is 5.75 Å². The van der Waals surface area contributed by atoms with Crippen LogP contribution < -0.4 is 4.74 Å². The molecule has 182 valence electrons. The standard InChI is InChI=1S/C28H30F2N4O/c29-20-5-8-26(24(30)14-20)35-17-18-2-1-13-34(16-18)21-6-3-19(4-7-21)22-9-11-31-25-15-33-28-23(27(22)25)10-12-32-28/h5,8-12,14-15,18-19,21,31H,1-4,6-7,13,16-17H2. The van der Waals surface area contributed by atoms with Crippen molar-refractivity contribution in [2.45, 2.75) is 50.5 Å². The summed E-state index contributed by atoms with van der Waals surface area (Å²) < 4.78 is 32.8. The summed E-state index contributed by atoms with van der Waals surface area (Å²) in [7, 11) is 0. The average Bonchev–Trinajstić information content (AvgIpc) is 3.37. The predicted octanol–water partition coefficient (Wildman–Crippen LogP) is 6.21. The second-order valence-electron chi connectivity index (χ2n) is 10.1. The number of halogens is 2. The number of ether oxygens (including phenoxy) is 1. The highest BCUT2D eigenvalue weighted by atomic mass is 19.1. The monoisotopic (exact) mass is 476 g/mol. The molecule has 1 aliphatic heterocycles. The van der Waals surface area contributed by atoms with Gasteiger partial charge < -0.3 is 9.72 Å². The van der Waals surface area contributed by atoms with E-state index in [9.17, 15) is 8.78 Å². The molecular weight excluding hydrogens is 446 g/mol. The van der Waals surface area contributed by atoms with Gasteiger partial charge >= 0.3 is 0 Å². The summed E-state index contributed by atoms with van der Waals surface area (Å²) in [5.74, 6) is -0.170. The Morgan fingerprint density at radius 2 is 1.91 bits per heavy atom. The molecule has 1 saturated carbocycles. The third-order valence-corrected chi connectivity index (χ3v) is 7.90. The first-order chi connectivity index (χ1) is 17.2. The molecular formula is C28H30F2N4O. The maximum Gasteiger partial charge on any atom is 0.167 e. The molecule has 6 rings (SSSR count). The summed E-state index contributed by atoms with van der Waals surface area (Å²) in [5, 5.41) is 2.40. The van der Waals surface area contributed by atoms with Gasteiger partial charge in [-0.05, 0) is 80.8 Å². The maximum atomic E-state index is 13.9. The molecule has 1 unspecified atom stereocenters. The van der Waals surface area contributed by atoms with Gasteiger partial charge in [0.15, 0.2) is 17.2 Å². The van der Waals surface area contributed by atoms with E-state index in [-0.39, 0.29) is 5.75 Å². The smallest absolute Gasteiger partial charge is 0.167 e. The third-order valence-electron chi connectivity index (χ3n) is 7.90. The number of aromatic nitrogens is 3. The molecule has 1 saturated heterocycles. The lowest BCUT2D eigenvalue weighted by Gasteiger charge is -2.41. The fourth-order valence-corrected chi connectivity index (χ4v) is 6.14. The van der Waals surface area contributed by atoms with Gasteiger partial charge in [0.2, 0.25) is 0 Å². The van der Waals surface area contributed by atoms with Gasteiger partial charge in [0.05, 0.1) is 18.3 Å². The minimum Gasteiger partial charge on any atom is -0.490 e. The molecule has 2 fully saturated rings. The van der Waals surface area contributed by atoms with E-state index >= 15 is 0 Å². The molecule has 2 aliphatic rings. The van der Waals surface area contributed by atoms with Crippen LogP contribution in [0.2, 0.25) is 0 Å². The summed E-state index contributed by atoms with van der Waals surface area (Å²) in [6.45, 7) is 2.57. The van der Waals surface area contributed by atoms with Crippen molar-refractivity contribution in [3.63, 3.8) is 0 Å². The highest BCUT2D eigenvalue weighted by Gasteiger charge is 2.31. The van der Waals surface area contributed by atoms with Crippen LogP contribution in [0.15, 0.2) is 48.9 Å². The van der Waals surface area contributed by atoms with Gasteiger partial charge in [-0.25, -0.2) is 18.7 Å². The van der Waals surface area contributed by atoms with Crippen LogP contribution in [0.1, 0.15) is 50.0 Å². The zero-order valence-electron chi connectivity index (χ0n) is 19.7. The molecule has 0 radical (unpaired) electrons. The first-order valence-electron chi connectivity index (χ1n) is 12.7. The van der Waals surface area contributed by atoms with E-state index in [0.717, 1.165) is 48.5 Å². The van der Waals surface area contributed by atoms with Crippen molar-refractivity contribution in [2.24, 2.45) is 5.92 Å². The first-order valence-corrected chi connectivity index (χ1v) is 12.7. The fourth-order valence-electron chi connectivity index (χ4n) is 6.14. The number of H-pyrrole nitrogens is 1. The lowest BCUT2D eigenvalue weighted by atomic mass is 9.79. The Kier molecular flexibility index (Phi) is 6.10. The first kappa shape index (κ1) is 22.4. The molecule has 7 heteroatoms. The van der Waals surface area contributed by atoms with E-state index < -0.39 is 11.6 Å². The Labute approximate surface area is 203 Å². The van der Waals surface area contributed by atoms with Crippen LogP contribution in [0.3, 0.4) is 0 Å². The van der Waals surface area contributed by atoms with Gasteiger partial charge in [0.1, 0.15) is 5.82 Å². The van der Waals surface area contributed by atoms with E-state index in [2.05, 4.69) is 32.0 Å². The number of rotatable bonds is 5. The van der Waals surface area contributed by atoms with Crippen LogP contribution in [-0.4, -0.2) is 45.6 Å². The summed E-state index contributed by atoms with van der Waals surface area (Å²) in [5.41, 5.74) is 3.29. The topological polar surface area (TPSA) is 54.0 Å². The Bertz CT molecular complexity index is 1330. The van der Waals surface area contributed by atoms with E-state index in [1.54, 1.807) is 0 Å². The largest absolute Gasteiger partial charge is 0.490 e. The molecule has 0 bridgehead atoms. The maximum absolute atomic E-state index is 13.9. The van der Waals surface area contributed by atoms with Crippen molar-refractivity contribution in [2.75, 3.05) is 19.7 Å². The summed E-state index contributed by atoms with van der Waals surface area (Å²) >= 11 is 0. The zero-order chi connectivity index (χ0) is 23.8. The third kappa shape index (κ3) is 4.49. The van der Waals surface area contributed by atoms with Crippen molar-refractivity contribution in [3.05, 3.63) is 66.1 Å². The highest BCUT2D eigenvalue weighted by Crippen LogP contribution is 2.40. The number of nitrogens with zero attached hydrogens (tertiary/aromatic N) is 3. The quantitative estimate of drug-likeness (QED) is 0.372. The fraction of sp³-hybridized carbons (Fsp3) is 0.429. The summed E-state index contributed by atoms with van der Waals surface area (Å²) in [6, 6.07) is 8.40. The Balaban J connectivity index is 1.10. The van der Waals surface area contributed by atoms with Gasteiger partial charge in [-0.2, -0.15) is 0 Å². The van der Waals surface area contributed by atoms with E-state index in [4.69, 9.17) is 4.74 Å². The van der Waals surface area contributed by atoms with Gasteiger partial charge in [-0.1, -0.05) is 0 Å². The number of nitrogens with one attached hydrogen (secondary N) is 1. The van der Waals surface area contributed by atoms with Crippen LogP contribution in [0.4, 0.5) is 8.78 Å². The molecule has 4 aromatic rings. The van der Waals surface area contributed by atoms with Crippen molar-refractivity contribution in [1.82, 2.24) is 19.9 Å².